The molecule has 1 atom stereocenters. The number of likely N-dealkylation sites (N-methyl/N-ethyl adjacent to an activating group) is 1. The van der Waals surface area contributed by atoms with Gasteiger partial charge in [-0.05, 0) is 56.3 Å². The molecule has 0 fully saturated rings. The number of esters is 1. The minimum Gasteiger partial charge on any atom is -0.497 e. The molecule has 15 heteroatoms. The lowest BCUT2D eigenvalue weighted by Crippen LogP contribution is -2.38. The van der Waals surface area contributed by atoms with Crippen LogP contribution in [-0.2, 0) is 19.5 Å². The molecule has 0 aliphatic heterocycles. The Balaban J connectivity index is 1.55. The topological polar surface area (TPSA) is 128 Å². The SMILES string of the molecule is CCOC1=C(OC)CC(N(C)S(=O)(=O)c2cc(Cl)sc2C(=O)Nc2cc(F)cc(C(=O)Oc3ccc(C(C)=O)c(F)c3)c2)C=C1. The number of ether oxygens (including phenoxy) is 3. The summed E-state index contributed by atoms with van der Waals surface area (Å²) < 4.78 is 73.1. The lowest BCUT2D eigenvalue weighted by atomic mass is 10.1. The van der Waals surface area contributed by atoms with Gasteiger partial charge in [0.15, 0.2) is 11.5 Å². The van der Waals surface area contributed by atoms with Crippen molar-refractivity contribution < 1.29 is 45.8 Å². The van der Waals surface area contributed by atoms with E-state index < -0.39 is 45.4 Å². The van der Waals surface area contributed by atoms with Crippen molar-refractivity contribution in [3.8, 4) is 5.75 Å². The quantitative estimate of drug-likeness (QED) is 0.144. The van der Waals surface area contributed by atoms with Crippen LogP contribution in [-0.4, -0.2) is 57.2 Å². The number of ketones is 1. The van der Waals surface area contributed by atoms with Crippen molar-refractivity contribution in [2.24, 2.45) is 0 Å². The largest absolute Gasteiger partial charge is 0.497 e. The highest BCUT2D eigenvalue weighted by Crippen LogP contribution is 2.35. The molecule has 1 heterocycles. The molecule has 2 aromatic carbocycles. The number of rotatable bonds is 11. The fourth-order valence-corrected chi connectivity index (χ4v) is 7.38. The highest BCUT2D eigenvalue weighted by Gasteiger charge is 2.34. The zero-order chi connectivity index (χ0) is 33.1. The van der Waals surface area contributed by atoms with Gasteiger partial charge in [-0.2, -0.15) is 4.31 Å². The number of amides is 1. The molecule has 1 aliphatic carbocycles. The van der Waals surface area contributed by atoms with Crippen molar-refractivity contribution in [3.63, 3.8) is 0 Å². The van der Waals surface area contributed by atoms with E-state index in [9.17, 15) is 31.6 Å². The molecule has 4 rings (SSSR count). The third-order valence-corrected chi connectivity index (χ3v) is 9.90. The summed E-state index contributed by atoms with van der Waals surface area (Å²) in [6.07, 6.45) is 3.42. The number of benzene rings is 2. The number of halogens is 3. The van der Waals surface area contributed by atoms with Crippen LogP contribution in [0.15, 0.2) is 71.0 Å². The van der Waals surface area contributed by atoms with E-state index in [1.165, 1.54) is 27.1 Å². The van der Waals surface area contributed by atoms with E-state index in [1.807, 2.05) is 0 Å². The van der Waals surface area contributed by atoms with Crippen LogP contribution in [0.4, 0.5) is 14.5 Å². The number of allylic oxidation sites excluding steroid dienone is 1. The summed E-state index contributed by atoms with van der Waals surface area (Å²) in [6, 6.07) is 6.49. The van der Waals surface area contributed by atoms with Crippen LogP contribution in [0.3, 0.4) is 0 Å². The predicted octanol–water partition coefficient (Wildman–Crippen LogP) is 6.20. The summed E-state index contributed by atoms with van der Waals surface area (Å²) in [5.41, 5.74) is -0.732. The van der Waals surface area contributed by atoms with Crippen molar-refractivity contribution in [3.05, 3.63) is 98.1 Å². The van der Waals surface area contributed by atoms with Crippen molar-refractivity contribution in [2.75, 3.05) is 26.1 Å². The van der Waals surface area contributed by atoms with Crippen LogP contribution in [0.2, 0.25) is 4.34 Å². The van der Waals surface area contributed by atoms with Crippen LogP contribution in [0.25, 0.3) is 0 Å². The molecule has 1 aromatic heterocycles. The number of nitrogens with zero attached hydrogens (tertiary/aromatic N) is 1. The minimum atomic E-state index is -4.30. The molecule has 0 spiro atoms. The van der Waals surface area contributed by atoms with Crippen LogP contribution in [0, 0.1) is 11.6 Å². The molecule has 1 unspecified atom stereocenters. The van der Waals surface area contributed by atoms with E-state index in [2.05, 4.69) is 5.32 Å². The predicted molar refractivity (Wildman–Crippen MR) is 163 cm³/mol. The monoisotopic (exact) mass is 680 g/mol. The Morgan fingerprint density at radius 3 is 2.51 bits per heavy atom. The molecule has 1 N–H and O–H groups in total. The van der Waals surface area contributed by atoms with Gasteiger partial charge in [0.05, 0.1) is 35.2 Å². The number of thiophene rings is 1. The average Bonchev–Trinajstić information content (AvgIpc) is 3.39. The summed E-state index contributed by atoms with van der Waals surface area (Å²) in [4.78, 5) is 36.8. The molecular weight excluding hydrogens is 654 g/mol. The van der Waals surface area contributed by atoms with Gasteiger partial charge in [0.25, 0.3) is 5.91 Å². The normalized spacial score (nSPS) is 14.8. The number of carbonyl (C=O) groups is 3. The number of anilines is 1. The second-order valence-corrected chi connectivity index (χ2v) is 13.2. The minimum absolute atomic E-state index is 0.00829. The smallest absolute Gasteiger partial charge is 0.343 e. The molecule has 0 radical (unpaired) electrons. The Bertz CT molecular complexity index is 1840. The van der Waals surface area contributed by atoms with E-state index in [1.54, 1.807) is 19.1 Å². The van der Waals surface area contributed by atoms with E-state index in [0.29, 0.717) is 29.5 Å². The number of methoxy groups -OCH3 is 1. The number of sulfonamides is 1. The van der Waals surface area contributed by atoms with Gasteiger partial charge in [0.1, 0.15) is 32.9 Å². The average molecular weight is 681 g/mol. The Hall–Kier alpha value is -4.11. The number of nitrogens with one attached hydrogen (secondary N) is 1. The number of hydrogen-bond donors (Lipinski definition) is 1. The third-order valence-electron chi connectivity index (χ3n) is 6.61. The van der Waals surface area contributed by atoms with Crippen molar-refractivity contribution in [2.45, 2.75) is 31.2 Å². The van der Waals surface area contributed by atoms with Crippen LogP contribution >= 0.6 is 22.9 Å². The Labute approximate surface area is 266 Å². The maximum Gasteiger partial charge on any atom is 0.343 e. The first kappa shape index (κ1) is 33.8. The molecule has 0 bridgehead atoms. The van der Waals surface area contributed by atoms with Gasteiger partial charge < -0.3 is 19.5 Å². The molecule has 0 saturated heterocycles. The van der Waals surface area contributed by atoms with Gasteiger partial charge in [0, 0.05) is 25.2 Å². The summed E-state index contributed by atoms with van der Waals surface area (Å²) in [5, 5.41) is 2.39. The molecule has 238 valence electrons. The zero-order valence-corrected chi connectivity index (χ0v) is 26.7. The standard InChI is InChI=1S/C30H27ClF2N2O8S2/c1-5-42-24-9-6-20(13-25(24)41-4)35(3)45(39,40)26-15-27(31)44-28(26)29(37)34-19-11-17(10-18(32)12-19)30(38)43-21-7-8-22(16(2)36)23(33)14-21/h6-12,14-15,20H,5,13H2,1-4H3,(H,34,37). The Morgan fingerprint density at radius 1 is 1.13 bits per heavy atom. The lowest BCUT2D eigenvalue weighted by Gasteiger charge is -2.28. The molecular formula is C30H27ClF2N2O8S2. The van der Waals surface area contributed by atoms with Gasteiger partial charge >= 0.3 is 5.97 Å². The second kappa shape index (κ2) is 13.9. The van der Waals surface area contributed by atoms with Gasteiger partial charge in [-0.3, -0.25) is 9.59 Å². The molecule has 1 aliphatic rings. The summed E-state index contributed by atoms with van der Waals surface area (Å²) >= 11 is 6.84. The fourth-order valence-electron chi connectivity index (χ4n) is 4.38. The van der Waals surface area contributed by atoms with E-state index in [-0.39, 0.29) is 43.1 Å². The third kappa shape index (κ3) is 7.59. The maximum absolute atomic E-state index is 14.5. The van der Waals surface area contributed by atoms with Crippen LogP contribution in [0.5, 0.6) is 5.75 Å². The fraction of sp³-hybridized carbons (Fsp3) is 0.233. The highest BCUT2D eigenvalue weighted by molar-refractivity contribution is 7.89. The summed E-state index contributed by atoms with van der Waals surface area (Å²) in [5.74, 6) is -3.67. The second-order valence-electron chi connectivity index (χ2n) is 9.59. The summed E-state index contributed by atoms with van der Waals surface area (Å²) in [6.45, 7) is 3.37. The van der Waals surface area contributed by atoms with E-state index in [4.69, 9.17) is 25.8 Å². The molecule has 45 heavy (non-hydrogen) atoms. The zero-order valence-electron chi connectivity index (χ0n) is 24.4. The molecule has 1 amide bonds. The van der Waals surface area contributed by atoms with Crippen molar-refractivity contribution in [1.82, 2.24) is 4.31 Å². The lowest BCUT2D eigenvalue weighted by molar-refractivity contribution is 0.0733. The van der Waals surface area contributed by atoms with E-state index >= 15 is 0 Å². The first-order chi connectivity index (χ1) is 21.2. The first-order valence-corrected chi connectivity index (χ1v) is 15.9. The van der Waals surface area contributed by atoms with Gasteiger partial charge in [0.2, 0.25) is 10.0 Å². The van der Waals surface area contributed by atoms with E-state index in [0.717, 1.165) is 40.7 Å². The van der Waals surface area contributed by atoms with Gasteiger partial charge in [-0.1, -0.05) is 17.7 Å². The molecule has 0 saturated carbocycles. The molecule has 10 nitrogen and oxygen atoms in total. The van der Waals surface area contributed by atoms with Crippen molar-refractivity contribution >= 4 is 56.3 Å². The highest BCUT2D eigenvalue weighted by atomic mass is 35.5. The summed E-state index contributed by atoms with van der Waals surface area (Å²) in [7, 11) is -1.50. The number of carbonyl (C=O) groups excluding carboxylic acids is 3. The van der Waals surface area contributed by atoms with Crippen LogP contribution < -0.4 is 10.1 Å². The van der Waals surface area contributed by atoms with Crippen LogP contribution in [0.1, 0.15) is 50.7 Å². The maximum atomic E-state index is 14.5. The Kier molecular flexibility index (Phi) is 10.4. The Morgan fingerprint density at radius 2 is 1.87 bits per heavy atom. The van der Waals surface area contributed by atoms with Crippen molar-refractivity contribution in [1.29, 1.82) is 0 Å². The van der Waals surface area contributed by atoms with Gasteiger partial charge in [-0.15, -0.1) is 11.3 Å². The molecule has 3 aromatic rings. The number of hydrogen-bond acceptors (Lipinski definition) is 9. The van der Waals surface area contributed by atoms with Gasteiger partial charge in [-0.25, -0.2) is 22.0 Å². The first-order valence-electron chi connectivity index (χ1n) is 13.2. The number of Topliss-reactive ketones (excluding diaryl/α,β-unsaturated/α-hetero) is 1.